The van der Waals surface area contributed by atoms with Crippen molar-refractivity contribution in [2.24, 2.45) is 0 Å². The molecule has 0 spiro atoms. The number of carbonyl (C=O) groups excluding carboxylic acids is 1. The molecule has 1 heteroatoms. The Bertz CT molecular complexity index is 383. The predicted octanol–water partition coefficient (Wildman–Crippen LogP) is 6.89. The molecule has 0 fully saturated rings. The smallest absolute Gasteiger partial charge is 0.120 e. The molecule has 0 heterocycles. The average Bonchev–Trinajstić information content (AvgIpc) is 2.57. The van der Waals surface area contributed by atoms with Gasteiger partial charge in [0.05, 0.1) is 0 Å². The van der Waals surface area contributed by atoms with Gasteiger partial charge in [-0.3, -0.25) is 0 Å². The van der Waals surface area contributed by atoms with Gasteiger partial charge in [0.1, 0.15) is 6.29 Å². The van der Waals surface area contributed by atoms with Gasteiger partial charge in [0.2, 0.25) is 0 Å². The van der Waals surface area contributed by atoms with Crippen molar-refractivity contribution in [2.45, 2.75) is 71.1 Å². The maximum atomic E-state index is 10.1. The summed E-state index contributed by atoms with van der Waals surface area (Å²) in [5.74, 6) is 0. The molecule has 128 valence electrons. The first kappa shape index (κ1) is 21.4. The van der Waals surface area contributed by atoms with Crippen LogP contribution in [0.15, 0.2) is 60.8 Å². The van der Waals surface area contributed by atoms with E-state index in [1.807, 2.05) is 0 Å². The zero-order valence-corrected chi connectivity index (χ0v) is 14.8. The SMILES string of the molecule is CCCCCC=CCC=CCC=CCC=CCC=CCCC=O. The van der Waals surface area contributed by atoms with Crippen LogP contribution in [-0.2, 0) is 4.79 Å². The van der Waals surface area contributed by atoms with Gasteiger partial charge in [-0.15, -0.1) is 0 Å². The third kappa shape index (κ3) is 20.4. The third-order valence-corrected chi connectivity index (χ3v) is 3.35. The minimum Gasteiger partial charge on any atom is -0.303 e. The van der Waals surface area contributed by atoms with Crippen molar-refractivity contribution in [3.63, 3.8) is 0 Å². The second-order valence-corrected chi connectivity index (χ2v) is 5.54. The molecule has 0 atom stereocenters. The summed E-state index contributed by atoms with van der Waals surface area (Å²) in [6.07, 6.45) is 33.6. The van der Waals surface area contributed by atoms with Crippen molar-refractivity contribution in [1.82, 2.24) is 0 Å². The molecule has 0 aromatic carbocycles. The van der Waals surface area contributed by atoms with Crippen LogP contribution in [0.3, 0.4) is 0 Å². The number of aldehydes is 1. The van der Waals surface area contributed by atoms with Gasteiger partial charge in [0.15, 0.2) is 0 Å². The second-order valence-electron chi connectivity index (χ2n) is 5.54. The van der Waals surface area contributed by atoms with Gasteiger partial charge in [-0.2, -0.15) is 0 Å². The predicted molar refractivity (Wildman–Crippen MR) is 104 cm³/mol. The first-order valence-electron chi connectivity index (χ1n) is 9.10. The zero-order chi connectivity index (χ0) is 16.8. The molecular weight excluding hydrogens is 280 g/mol. The lowest BCUT2D eigenvalue weighted by molar-refractivity contribution is -0.107. The minimum absolute atomic E-state index is 0.630. The maximum Gasteiger partial charge on any atom is 0.120 e. The molecule has 23 heavy (non-hydrogen) atoms. The lowest BCUT2D eigenvalue weighted by Crippen LogP contribution is -1.70. The van der Waals surface area contributed by atoms with Gasteiger partial charge in [0, 0.05) is 6.42 Å². The Morgan fingerprint density at radius 3 is 1.39 bits per heavy atom. The third-order valence-electron chi connectivity index (χ3n) is 3.35. The number of unbranched alkanes of at least 4 members (excludes halogenated alkanes) is 4. The summed E-state index contributed by atoms with van der Waals surface area (Å²) >= 11 is 0. The van der Waals surface area contributed by atoms with Crippen molar-refractivity contribution in [3.05, 3.63) is 60.8 Å². The maximum absolute atomic E-state index is 10.1. The fraction of sp³-hybridized carbons (Fsp3) is 0.500. The fourth-order valence-electron chi connectivity index (χ4n) is 2.00. The summed E-state index contributed by atoms with van der Waals surface area (Å²) in [6, 6.07) is 0. The summed E-state index contributed by atoms with van der Waals surface area (Å²) in [5.41, 5.74) is 0. The van der Waals surface area contributed by atoms with Gasteiger partial charge in [-0.05, 0) is 44.9 Å². The average molecular weight is 315 g/mol. The molecule has 0 saturated carbocycles. The van der Waals surface area contributed by atoms with Gasteiger partial charge < -0.3 is 4.79 Å². The number of hydrogen-bond donors (Lipinski definition) is 0. The molecule has 0 amide bonds. The van der Waals surface area contributed by atoms with Crippen LogP contribution in [0, 0.1) is 0 Å². The van der Waals surface area contributed by atoms with E-state index in [2.05, 4.69) is 67.7 Å². The second kappa shape index (κ2) is 20.4. The lowest BCUT2D eigenvalue weighted by Gasteiger charge is -1.90. The number of allylic oxidation sites excluding steroid dienone is 10. The van der Waals surface area contributed by atoms with E-state index in [4.69, 9.17) is 0 Å². The highest BCUT2D eigenvalue weighted by Crippen LogP contribution is 2.01. The Morgan fingerprint density at radius 1 is 0.522 bits per heavy atom. The van der Waals surface area contributed by atoms with Crippen LogP contribution >= 0.6 is 0 Å². The van der Waals surface area contributed by atoms with Crippen LogP contribution in [0.25, 0.3) is 0 Å². The van der Waals surface area contributed by atoms with Crippen molar-refractivity contribution in [3.8, 4) is 0 Å². The normalized spacial score (nSPS) is 12.7. The molecule has 0 aliphatic rings. The van der Waals surface area contributed by atoms with Gasteiger partial charge in [0.25, 0.3) is 0 Å². The van der Waals surface area contributed by atoms with Crippen molar-refractivity contribution < 1.29 is 4.79 Å². The van der Waals surface area contributed by atoms with E-state index in [1.165, 1.54) is 25.7 Å². The first-order chi connectivity index (χ1) is 11.4. The van der Waals surface area contributed by atoms with Crippen LogP contribution in [0.4, 0.5) is 0 Å². The summed E-state index contributed by atoms with van der Waals surface area (Å²) in [5, 5.41) is 0. The molecule has 0 radical (unpaired) electrons. The minimum atomic E-state index is 0.630. The molecule has 0 aliphatic carbocycles. The van der Waals surface area contributed by atoms with Crippen LogP contribution in [-0.4, -0.2) is 6.29 Å². The van der Waals surface area contributed by atoms with Crippen molar-refractivity contribution in [2.75, 3.05) is 0 Å². The Labute approximate surface area is 143 Å². The van der Waals surface area contributed by atoms with E-state index < -0.39 is 0 Å². The van der Waals surface area contributed by atoms with Crippen LogP contribution in [0.1, 0.15) is 71.1 Å². The molecule has 0 aromatic heterocycles. The first-order valence-corrected chi connectivity index (χ1v) is 9.10. The summed E-state index contributed by atoms with van der Waals surface area (Å²) in [6.45, 7) is 2.24. The number of rotatable bonds is 15. The van der Waals surface area contributed by atoms with E-state index >= 15 is 0 Å². The van der Waals surface area contributed by atoms with Crippen molar-refractivity contribution >= 4 is 6.29 Å². The Balaban J connectivity index is 3.44. The highest BCUT2D eigenvalue weighted by Gasteiger charge is 1.81. The summed E-state index contributed by atoms with van der Waals surface area (Å²) in [7, 11) is 0. The van der Waals surface area contributed by atoms with Crippen LogP contribution in [0.5, 0.6) is 0 Å². The molecule has 0 rings (SSSR count). The molecule has 1 nitrogen and oxygen atoms in total. The monoisotopic (exact) mass is 314 g/mol. The molecule has 0 saturated heterocycles. The van der Waals surface area contributed by atoms with Gasteiger partial charge >= 0.3 is 0 Å². The van der Waals surface area contributed by atoms with E-state index in [-0.39, 0.29) is 0 Å². The number of carbonyl (C=O) groups is 1. The lowest BCUT2D eigenvalue weighted by atomic mass is 10.2. The van der Waals surface area contributed by atoms with E-state index in [1.54, 1.807) is 0 Å². The summed E-state index contributed by atoms with van der Waals surface area (Å²) in [4.78, 5) is 10.1. The van der Waals surface area contributed by atoms with Crippen LogP contribution < -0.4 is 0 Å². The van der Waals surface area contributed by atoms with E-state index in [9.17, 15) is 4.79 Å². The number of hydrogen-bond acceptors (Lipinski definition) is 1. The highest BCUT2D eigenvalue weighted by atomic mass is 16.1. The van der Waals surface area contributed by atoms with E-state index in [0.717, 1.165) is 38.4 Å². The molecule has 0 N–H and O–H groups in total. The molecule has 0 bridgehead atoms. The molecular formula is C22H34O. The Hall–Kier alpha value is -1.63. The Kier molecular flexibility index (Phi) is 18.9. The fourth-order valence-corrected chi connectivity index (χ4v) is 2.00. The van der Waals surface area contributed by atoms with Gasteiger partial charge in [-0.1, -0.05) is 80.5 Å². The van der Waals surface area contributed by atoms with Gasteiger partial charge in [-0.25, -0.2) is 0 Å². The summed E-state index contributed by atoms with van der Waals surface area (Å²) < 4.78 is 0. The Morgan fingerprint density at radius 2 is 0.957 bits per heavy atom. The topological polar surface area (TPSA) is 17.1 Å². The molecule has 0 unspecified atom stereocenters. The highest BCUT2D eigenvalue weighted by molar-refractivity contribution is 5.49. The standard InChI is InChI=1S/C22H34O/c1-2-3-4-5-6-7-8-9-10-11-12-13-14-15-16-17-18-19-20-21-22-23/h6-7,9-10,12-13,15-16,18-19,22H,2-5,8,11,14,17,20-21H2,1H3. The quantitative estimate of drug-likeness (QED) is 0.183. The molecule has 0 aromatic rings. The van der Waals surface area contributed by atoms with Crippen molar-refractivity contribution in [1.29, 1.82) is 0 Å². The largest absolute Gasteiger partial charge is 0.303 e. The van der Waals surface area contributed by atoms with Crippen LogP contribution in [0.2, 0.25) is 0 Å². The van der Waals surface area contributed by atoms with E-state index in [0.29, 0.717) is 6.42 Å². The zero-order valence-electron chi connectivity index (χ0n) is 14.8. The molecule has 0 aliphatic heterocycles.